The lowest BCUT2D eigenvalue weighted by Gasteiger charge is -2.10. The van der Waals surface area contributed by atoms with Gasteiger partial charge in [-0.2, -0.15) is 0 Å². The lowest BCUT2D eigenvalue weighted by molar-refractivity contribution is -0.385. The van der Waals surface area contributed by atoms with E-state index in [0.29, 0.717) is 16.9 Å². The molecule has 0 unspecified atom stereocenters. The molecule has 2 aromatic carbocycles. The van der Waals surface area contributed by atoms with Gasteiger partial charge in [0.05, 0.1) is 18.6 Å². The van der Waals surface area contributed by atoms with E-state index in [1.54, 1.807) is 30.3 Å². The molecule has 0 aliphatic carbocycles. The summed E-state index contributed by atoms with van der Waals surface area (Å²) in [6, 6.07) is 11.7. The molecule has 6 heteroatoms. The first kappa shape index (κ1) is 14.8. The van der Waals surface area contributed by atoms with Crippen molar-refractivity contribution in [2.75, 3.05) is 7.11 Å². The minimum absolute atomic E-state index is 0.103. The summed E-state index contributed by atoms with van der Waals surface area (Å²) in [6.07, 6.45) is 0. The number of hydrogen-bond acceptors (Lipinski definition) is 5. The highest BCUT2D eigenvalue weighted by atomic mass is 16.6. The zero-order valence-corrected chi connectivity index (χ0v) is 11.5. The van der Waals surface area contributed by atoms with Gasteiger partial charge in [0.25, 0.3) is 0 Å². The van der Waals surface area contributed by atoms with Crippen LogP contribution in [0.25, 0.3) is 0 Å². The third kappa shape index (κ3) is 3.49. The number of ether oxygens (including phenoxy) is 2. The van der Waals surface area contributed by atoms with Crippen molar-refractivity contribution in [3.63, 3.8) is 0 Å². The van der Waals surface area contributed by atoms with E-state index >= 15 is 0 Å². The fourth-order valence-electron chi connectivity index (χ4n) is 1.90. The van der Waals surface area contributed by atoms with Gasteiger partial charge in [0.1, 0.15) is 12.4 Å². The van der Waals surface area contributed by atoms with Gasteiger partial charge in [0, 0.05) is 11.6 Å². The summed E-state index contributed by atoms with van der Waals surface area (Å²) in [6.45, 7) is 0.0424. The highest BCUT2D eigenvalue weighted by molar-refractivity contribution is 5.48. The summed E-state index contributed by atoms with van der Waals surface area (Å²) in [4.78, 5) is 10.5. The summed E-state index contributed by atoms with van der Waals surface area (Å²) >= 11 is 0. The molecule has 0 atom stereocenters. The summed E-state index contributed by atoms with van der Waals surface area (Å²) < 4.78 is 10.5. The van der Waals surface area contributed by atoms with Crippen LogP contribution in [0.2, 0.25) is 0 Å². The first-order valence-corrected chi connectivity index (χ1v) is 6.28. The van der Waals surface area contributed by atoms with Gasteiger partial charge in [0.15, 0.2) is 5.75 Å². The molecule has 0 aliphatic heterocycles. The lowest BCUT2D eigenvalue weighted by atomic mass is 10.2. The quantitative estimate of drug-likeness (QED) is 0.653. The molecule has 0 aromatic heterocycles. The Morgan fingerprint density at radius 3 is 2.62 bits per heavy atom. The van der Waals surface area contributed by atoms with Crippen LogP contribution in [0.4, 0.5) is 5.69 Å². The number of aliphatic hydroxyl groups excluding tert-OH is 1. The molecular formula is C15H15NO5. The predicted octanol–water partition coefficient (Wildman–Crippen LogP) is 2.67. The predicted molar refractivity (Wildman–Crippen MR) is 76.3 cm³/mol. The number of rotatable bonds is 6. The first-order chi connectivity index (χ1) is 10.2. The van der Waals surface area contributed by atoms with Crippen LogP contribution in [0, 0.1) is 10.1 Å². The van der Waals surface area contributed by atoms with Gasteiger partial charge < -0.3 is 14.6 Å². The number of hydrogen-bond donors (Lipinski definition) is 1. The maximum Gasteiger partial charge on any atom is 0.311 e. The van der Waals surface area contributed by atoms with Crippen LogP contribution in [0.1, 0.15) is 11.1 Å². The largest absolute Gasteiger partial charge is 0.490 e. The van der Waals surface area contributed by atoms with Gasteiger partial charge in [0.2, 0.25) is 0 Å². The Morgan fingerprint density at radius 1 is 1.19 bits per heavy atom. The van der Waals surface area contributed by atoms with Crippen LogP contribution in [0.3, 0.4) is 0 Å². The Morgan fingerprint density at radius 2 is 1.95 bits per heavy atom. The van der Waals surface area contributed by atoms with E-state index in [1.165, 1.54) is 19.2 Å². The van der Waals surface area contributed by atoms with Gasteiger partial charge >= 0.3 is 5.69 Å². The van der Waals surface area contributed by atoms with Crippen molar-refractivity contribution in [2.24, 2.45) is 0 Å². The van der Waals surface area contributed by atoms with Crippen molar-refractivity contribution in [1.82, 2.24) is 0 Å². The highest BCUT2D eigenvalue weighted by Gasteiger charge is 2.15. The van der Waals surface area contributed by atoms with E-state index < -0.39 is 4.92 Å². The number of nitro benzene ring substituents is 1. The third-order valence-corrected chi connectivity index (χ3v) is 2.98. The summed E-state index contributed by atoms with van der Waals surface area (Å²) in [7, 11) is 1.38. The minimum Gasteiger partial charge on any atom is -0.490 e. The van der Waals surface area contributed by atoms with Gasteiger partial charge in [-0.1, -0.05) is 24.3 Å². The number of nitro groups is 1. The zero-order chi connectivity index (χ0) is 15.2. The Balaban J connectivity index is 2.17. The second kappa shape index (κ2) is 6.71. The van der Waals surface area contributed by atoms with Crippen LogP contribution in [0.15, 0.2) is 42.5 Å². The van der Waals surface area contributed by atoms with Crippen LogP contribution in [0.5, 0.6) is 11.5 Å². The van der Waals surface area contributed by atoms with Crippen molar-refractivity contribution in [3.05, 3.63) is 63.7 Å². The van der Waals surface area contributed by atoms with Gasteiger partial charge in [-0.15, -0.1) is 0 Å². The fraction of sp³-hybridized carbons (Fsp3) is 0.200. The van der Waals surface area contributed by atoms with Crippen LogP contribution in [-0.2, 0) is 13.2 Å². The van der Waals surface area contributed by atoms with E-state index in [4.69, 9.17) is 9.47 Å². The Hall–Kier alpha value is -2.60. The third-order valence-electron chi connectivity index (χ3n) is 2.98. The lowest BCUT2D eigenvalue weighted by Crippen LogP contribution is -2.00. The Labute approximate surface area is 121 Å². The van der Waals surface area contributed by atoms with E-state index in [0.717, 1.165) is 0 Å². The van der Waals surface area contributed by atoms with Crippen molar-refractivity contribution < 1.29 is 19.5 Å². The highest BCUT2D eigenvalue weighted by Crippen LogP contribution is 2.28. The summed E-state index contributed by atoms with van der Waals surface area (Å²) in [5, 5.41) is 20.2. The van der Waals surface area contributed by atoms with Crippen LogP contribution in [-0.4, -0.2) is 17.1 Å². The van der Waals surface area contributed by atoms with Crippen molar-refractivity contribution in [3.8, 4) is 11.5 Å². The maximum atomic E-state index is 11.0. The van der Waals surface area contributed by atoms with Crippen molar-refractivity contribution in [2.45, 2.75) is 13.2 Å². The fourth-order valence-corrected chi connectivity index (χ4v) is 1.90. The Kier molecular flexibility index (Phi) is 4.73. The van der Waals surface area contributed by atoms with Crippen LogP contribution < -0.4 is 9.47 Å². The number of aliphatic hydroxyl groups is 1. The average molecular weight is 289 g/mol. The van der Waals surface area contributed by atoms with E-state index in [-0.39, 0.29) is 24.7 Å². The number of methoxy groups -OCH3 is 1. The van der Waals surface area contributed by atoms with Gasteiger partial charge in [-0.3, -0.25) is 10.1 Å². The molecule has 0 amide bonds. The average Bonchev–Trinajstić information content (AvgIpc) is 2.52. The molecule has 0 spiro atoms. The van der Waals surface area contributed by atoms with E-state index in [9.17, 15) is 15.2 Å². The van der Waals surface area contributed by atoms with Gasteiger partial charge in [-0.25, -0.2) is 0 Å². The topological polar surface area (TPSA) is 81.8 Å². The molecule has 0 bridgehead atoms. The second-order valence-corrected chi connectivity index (χ2v) is 4.32. The molecule has 0 fully saturated rings. The molecule has 2 aromatic rings. The van der Waals surface area contributed by atoms with E-state index in [1.807, 2.05) is 0 Å². The zero-order valence-electron chi connectivity index (χ0n) is 11.5. The molecule has 0 heterocycles. The summed E-state index contributed by atoms with van der Waals surface area (Å²) in [5.74, 6) is 0.762. The second-order valence-electron chi connectivity index (χ2n) is 4.32. The van der Waals surface area contributed by atoms with Crippen molar-refractivity contribution >= 4 is 5.69 Å². The van der Waals surface area contributed by atoms with Crippen LogP contribution >= 0.6 is 0 Å². The molecular weight excluding hydrogens is 274 g/mol. The normalized spacial score (nSPS) is 10.2. The number of para-hydroxylation sites is 1. The maximum absolute atomic E-state index is 11.0. The molecule has 1 N–H and O–H groups in total. The Bertz CT molecular complexity index is 642. The molecule has 0 aliphatic rings. The van der Waals surface area contributed by atoms with Gasteiger partial charge in [-0.05, 0) is 17.7 Å². The molecule has 21 heavy (non-hydrogen) atoms. The number of nitrogens with zero attached hydrogens (tertiary/aromatic N) is 1. The smallest absolute Gasteiger partial charge is 0.311 e. The van der Waals surface area contributed by atoms with E-state index in [2.05, 4.69) is 0 Å². The molecule has 0 radical (unpaired) electrons. The molecule has 0 saturated carbocycles. The minimum atomic E-state index is -0.496. The monoisotopic (exact) mass is 289 g/mol. The molecule has 110 valence electrons. The molecule has 0 saturated heterocycles. The number of benzene rings is 2. The molecule has 6 nitrogen and oxygen atoms in total. The SMILES string of the molecule is COc1ccc(COc2ccccc2CO)cc1[N+](=O)[O-]. The first-order valence-electron chi connectivity index (χ1n) is 6.28. The molecule has 2 rings (SSSR count). The standard InChI is InChI=1S/C15H15NO5/c1-20-15-7-6-11(8-13(15)16(18)19)10-21-14-5-3-2-4-12(14)9-17/h2-8,17H,9-10H2,1H3. The summed E-state index contributed by atoms with van der Waals surface area (Å²) in [5.41, 5.74) is 1.21. The van der Waals surface area contributed by atoms with Crippen molar-refractivity contribution in [1.29, 1.82) is 0 Å².